The number of nitrogens with zero attached hydrogens (tertiary/aromatic N) is 3. The first-order valence-electron chi connectivity index (χ1n) is 6.94. The van der Waals surface area contributed by atoms with Crippen LogP contribution in [0.1, 0.15) is 24.4 Å². The molecule has 0 aromatic carbocycles. The van der Waals surface area contributed by atoms with Crippen LogP contribution in [0.5, 0.6) is 0 Å². The van der Waals surface area contributed by atoms with Gasteiger partial charge in [-0.15, -0.1) is 11.3 Å². The highest BCUT2D eigenvalue weighted by Gasteiger charge is 2.20. The molecule has 2 atom stereocenters. The Hall–Kier alpha value is -1.37. The summed E-state index contributed by atoms with van der Waals surface area (Å²) in [6.45, 7) is 3.91. The molecule has 2 aromatic heterocycles. The Morgan fingerprint density at radius 2 is 2.19 bits per heavy atom. The molecule has 2 unspecified atom stereocenters. The molecule has 0 aliphatic heterocycles. The molecule has 6 heteroatoms. The molecule has 1 N–H and O–H groups in total. The number of nitrogens with one attached hydrogen (secondary N) is 1. The van der Waals surface area contributed by atoms with Crippen molar-refractivity contribution in [2.75, 3.05) is 20.6 Å². The van der Waals surface area contributed by atoms with Gasteiger partial charge in [-0.25, -0.2) is 9.37 Å². The van der Waals surface area contributed by atoms with Gasteiger partial charge in [0.2, 0.25) is 0 Å². The summed E-state index contributed by atoms with van der Waals surface area (Å²) >= 11 is 1.61. The van der Waals surface area contributed by atoms with Crippen LogP contribution in [0.4, 0.5) is 4.39 Å². The average Bonchev–Trinajstić information content (AvgIpc) is 2.94. The van der Waals surface area contributed by atoms with E-state index in [-0.39, 0.29) is 11.9 Å². The third-order valence-corrected chi connectivity index (χ3v) is 4.10. The van der Waals surface area contributed by atoms with E-state index >= 15 is 0 Å². The Balaban J connectivity index is 1.96. The van der Waals surface area contributed by atoms with Crippen LogP contribution >= 0.6 is 11.3 Å². The molecule has 0 aliphatic carbocycles. The molecule has 2 heterocycles. The van der Waals surface area contributed by atoms with Crippen LogP contribution in [0.15, 0.2) is 29.2 Å². The molecule has 0 fully saturated rings. The van der Waals surface area contributed by atoms with E-state index in [0.717, 1.165) is 24.5 Å². The monoisotopic (exact) mass is 308 g/mol. The average molecular weight is 308 g/mol. The number of hydrogen-bond donors (Lipinski definition) is 1. The molecule has 0 bridgehead atoms. The first-order chi connectivity index (χ1) is 10.1. The molecule has 2 aromatic rings. The van der Waals surface area contributed by atoms with Crippen molar-refractivity contribution in [1.29, 1.82) is 0 Å². The summed E-state index contributed by atoms with van der Waals surface area (Å²) in [6.07, 6.45) is 1.27. The van der Waals surface area contributed by atoms with Crippen LogP contribution in [0.2, 0.25) is 0 Å². The van der Waals surface area contributed by atoms with Crippen molar-refractivity contribution >= 4 is 11.3 Å². The van der Waals surface area contributed by atoms with Crippen molar-refractivity contribution in [2.24, 2.45) is 5.92 Å². The van der Waals surface area contributed by atoms with Crippen molar-refractivity contribution in [1.82, 2.24) is 20.2 Å². The van der Waals surface area contributed by atoms with Crippen molar-refractivity contribution in [3.8, 4) is 0 Å². The Morgan fingerprint density at radius 3 is 2.76 bits per heavy atom. The number of hydrogen-bond acceptors (Lipinski definition) is 5. The molecule has 2 rings (SSSR count). The largest absolute Gasteiger partial charge is 0.311 e. The zero-order chi connectivity index (χ0) is 15.2. The van der Waals surface area contributed by atoms with E-state index in [1.165, 1.54) is 12.3 Å². The van der Waals surface area contributed by atoms with Gasteiger partial charge in [0.15, 0.2) is 0 Å². The maximum absolute atomic E-state index is 13.0. The predicted molar refractivity (Wildman–Crippen MR) is 83.6 cm³/mol. The third kappa shape index (κ3) is 4.56. The second-order valence-corrected chi connectivity index (χ2v) is 6.04. The summed E-state index contributed by atoms with van der Waals surface area (Å²) in [5.41, 5.74) is 3.81. The first-order valence-corrected chi connectivity index (χ1v) is 7.88. The van der Waals surface area contributed by atoms with E-state index in [2.05, 4.69) is 39.5 Å². The van der Waals surface area contributed by atoms with Crippen LogP contribution in [-0.4, -0.2) is 35.5 Å². The zero-order valence-corrected chi connectivity index (χ0v) is 13.4. The lowest BCUT2D eigenvalue weighted by molar-refractivity contribution is 0.242. The van der Waals surface area contributed by atoms with Gasteiger partial charge in [-0.05, 0) is 32.1 Å². The Kier molecular flexibility index (Phi) is 5.78. The molecule has 0 aliphatic rings. The molecule has 114 valence electrons. The van der Waals surface area contributed by atoms with Crippen molar-refractivity contribution in [3.63, 3.8) is 0 Å². The molecule has 0 saturated carbocycles. The second kappa shape index (κ2) is 7.59. The standard InChI is InChI=1S/C15H21FN4S/c1-11(7-20(3)8-13-9-21-10-19-13)15(17-2)14-5-4-12(16)6-18-14/h4-6,9-11,15,17H,7-8H2,1-3H3. The lowest BCUT2D eigenvalue weighted by Crippen LogP contribution is -2.33. The highest BCUT2D eigenvalue weighted by atomic mass is 32.1. The fourth-order valence-corrected chi connectivity index (χ4v) is 3.10. The van der Waals surface area contributed by atoms with Gasteiger partial charge in [0, 0.05) is 18.5 Å². The minimum atomic E-state index is -0.304. The summed E-state index contributed by atoms with van der Waals surface area (Å²) in [5, 5.41) is 5.34. The fraction of sp³-hybridized carbons (Fsp3) is 0.467. The molecule has 21 heavy (non-hydrogen) atoms. The number of pyridine rings is 1. The normalized spacial score (nSPS) is 14.3. The van der Waals surface area contributed by atoms with Gasteiger partial charge >= 0.3 is 0 Å². The SMILES string of the molecule is CNC(c1ccc(F)cn1)C(C)CN(C)Cc1cscn1. The van der Waals surface area contributed by atoms with Gasteiger partial charge in [-0.1, -0.05) is 6.92 Å². The number of aromatic nitrogens is 2. The fourth-order valence-electron chi connectivity index (χ4n) is 2.55. The summed E-state index contributed by atoms with van der Waals surface area (Å²) in [4.78, 5) is 10.7. The topological polar surface area (TPSA) is 41.1 Å². The lowest BCUT2D eigenvalue weighted by atomic mass is 9.98. The van der Waals surface area contributed by atoms with Gasteiger partial charge in [0.05, 0.1) is 29.1 Å². The quantitative estimate of drug-likeness (QED) is 0.854. The van der Waals surface area contributed by atoms with Crippen molar-refractivity contribution < 1.29 is 4.39 Å². The minimum Gasteiger partial charge on any atom is -0.311 e. The summed E-state index contributed by atoms with van der Waals surface area (Å²) < 4.78 is 13.0. The maximum Gasteiger partial charge on any atom is 0.141 e. The third-order valence-electron chi connectivity index (χ3n) is 3.46. The van der Waals surface area contributed by atoms with Crippen LogP contribution in [-0.2, 0) is 6.54 Å². The number of thiazole rings is 1. The van der Waals surface area contributed by atoms with E-state index in [1.54, 1.807) is 17.4 Å². The highest BCUT2D eigenvalue weighted by Crippen LogP contribution is 2.21. The van der Waals surface area contributed by atoms with E-state index < -0.39 is 0 Å². The Bertz CT molecular complexity index is 529. The van der Waals surface area contributed by atoms with Crippen molar-refractivity contribution in [3.05, 3.63) is 46.4 Å². The minimum absolute atomic E-state index is 0.100. The van der Waals surface area contributed by atoms with Crippen LogP contribution in [0, 0.1) is 11.7 Å². The van der Waals surface area contributed by atoms with Gasteiger partial charge in [0.1, 0.15) is 5.82 Å². The molecule has 0 radical (unpaired) electrons. The van der Waals surface area contributed by atoms with Gasteiger partial charge in [-0.3, -0.25) is 4.98 Å². The van der Waals surface area contributed by atoms with Gasteiger partial charge in [-0.2, -0.15) is 0 Å². The molecule has 0 spiro atoms. The molecular weight excluding hydrogens is 287 g/mol. The van der Waals surface area contributed by atoms with Crippen LogP contribution < -0.4 is 5.32 Å². The van der Waals surface area contributed by atoms with Crippen LogP contribution in [0.25, 0.3) is 0 Å². The predicted octanol–water partition coefficient (Wildman–Crippen LogP) is 2.71. The lowest BCUT2D eigenvalue weighted by Gasteiger charge is -2.27. The highest BCUT2D eigenvalue weighted by molar-refractivity contribution is 7.07. The molecule has 0 saturated heterocycles. The van der Waals surface area contributed by atoms with E-state index in [0.29, 0.717) is 5.92 Å². The van der Waals surface area contributed by atoms with Gasteiger partial charge in [0.25, 0.3) is 0 Å². The molecular formula is C15H21FN4S. The summed E-state index contributed by atoms with van der Waals surface area (Å²) in [7, 11) is 3.99. The summed E-state index contributed by atoms with van der Waals surface area (Å²) in [6, 6.07) is 3.30. The summed E-state index contributed by atoms with van der Waals surface area (Å²) in [5.74, 6) is 0.0403. The number of halogens is 1. The van der Waals surface area contributed by atoms with E-state index in [9.17, 15) is 4.39 Å². The zero-order valence-electron chi connectivity index (χ0n) is 12.6. The Morgan fingerprint density at radius 1 is 1.38 bits per heavy atom. The molecule has 0 amide bonds. The first kappa shape index (κ1) is 16.0. The van der Waals surface area contributed by atoms with E-state index in [1.807, 2.05) is 12.6 Å². The number of rotatable bonds is 7. The smallest absolute Gasteiger partial charge is 0.141 e. The van der Waals surface area contributed by atoms with Crippen LogP contribution in [0.3, 0.4) is 0 Å². The van der Waals surface area contributed by atoms with Crippen molar-refractivity contribution in [2.45, 2.75) is 19.5 Å². The van der Waals surface area contributed by atoms with E-state index in [4.69, 9.17) is 0 Å². The Labute approximate surface area is 129 Å². The molecule has 4 nitrogen and oxygen atoms in total. The maximum atomic E-state index is 13.0. The second-order valence-electron chi connectivity index (χ2n) is 5.32. The van der Waals surface area contributed by atoms with Gasteiger partial charge < -0.3 is 10.2 Å².